The number of hydrogen-bond acceptors (Lipinski definition) is 6. The summed E-state index contributed by atoms with van der Waals surface area (Å²) in [5, 5.41) is 13.2. The molecule has 0 N–H and O–H groups in total. The summed E-state index contributed by atoms with van der Waals surface area (Å²) in [5.74, 6) is -0.472. The zero-order valence-corrected chi connectivity index (χ0v) is 17.5. The summed E-state index contributed by atoms with van der Waals surface area (Å²) in [6, 6.07) is 2.96. The Morgan fingerprint density at radius 2 is 1.87 bits per heavy atom. The molecule has 3 aromatic rings. The second kappa shape index (κ2) is 7.55. The van der Waals surface area contributed by atoms with E-state index in [1.807, 2.05) is 13.0 Å². The second-order valence-electron chi connectivity index (χ2n) is 8.61. The van der Waals surface area contributed by atoms with E-state index in [9.17, 15) is 19.5 Å². The number of aryl methyl sites for hydroxylation is 3. The quantitative estimate of drug-likeness (QED) is 0.598. The highest BCUT2D eigenvalue weighted by molar-refractivity contribution is 5.97. The van der Waals surface area contributed by atoms with Gasteiger partial charge in [-0.05, 0) is 57.1 Å². The van der Waals surface area contributed by atoms with Gasteiger partial charge < -0.3 is 23.6 Å². The van der Waals surface area contributed by atoms with E-state index in [0.717, 1.165) is 53.4 Å². The zero-order valence-electron chi connectivity index (χ0n) is 17.5. The third-order valence-electron chi connectivity index (χ3n) is 6.80. The molecule has 0 saturated carbocycles. The lowest BCUT2D eigenvalue weighted by Gasteiger charge is -2.25. The summed E-state index contributed by atoms with van der Waals surface area (Å²) in [5.41, 5.74) is 3.26. The minimum Gasteiger partial charge on any atom is -0.548 e. The molecule has 162 valence electrons. The fraction of sp³-hybridized carbons (Fsp3) is 0.458. The highest BCUT2D eigenvalue weighted by Gasteiger charge is 2.29. The number of carbonyl (C=O) groups is 2. The van der Waals surface area contributed by atoms with Crippen LogP contribution in [0, 0.1) is 6.92 Å². The molecule has 1 amide bonds. The van der Waals surface area contributed by atoms with Gasteiger partial charge in [-0.2, -0.15) is 0 Å². The van der Waals surface area contributed by atoms with Crippen LogP contribution in [0.25, 0.3) is 21.9 Å². The van der Waals surface area contributed by atoms with Crippen molar-refractivity contribution in [2.24, 2.45) is 0 Å². The first kappa shape index (κ1) is 19.8. The predicted molar refractivity (Wildman–Crippen MR) is 112 cm³/mol. The van der Waals surface area contributed by atoms with E-state index in [1.54, 1.807) is 6.07 Å². The standard InChI is InChI=1S/C24H25NO6/c1-13-14(8-9-22(26)25-10-4-6-18(25)23(27)28)24(29)31-20-12-21-17(11-16(13)20)15-5-2-3-7-19(15)30-21/h11-12,18H,2-10H2,1H3,(H,27,28)/p-1/t18-/m1/s1. The van der Waals surface area contributed by atoms with Crippen LogP contribution in [-0.4, -0.2) is 29.4 Å². The molecular weight excluding hydrogens is 398 g/mol. The minimum atomic E-state index is -1.22. The summed E-state index contributed by atoms with van der Waals surface area (Å²) in [7, 11) is 0. The van der Waals surface area contributed by atoms with Crippen molar-refractivity contribution in [3.05, 3.63) is 45.0 Å². The van der Waals surface area contributed by atoms with Gasteiger partial charge in [0.2, 0.25) is 5.91 Å². The monoisotopic (exact) mass is 422 g/mol. The molecule has 7 heteroatoms. The molecule has 2 aromatic heterocycles. The lowest BCUT2D eigenvalue weighted by molar-refractivity contribution is -0.310. The summed E-state index contributed by atoms with van der Waals surface area (Å²) >= 11 is 0. The molecule has 3 heterocycles. The normalized spacial score (nSPS) is 18.6. The topological polar surface area (TPSA) is 104 Å². The summed E-state index contributed by atoms with van der Waals surface area (Å²) < 4.78 is 11.6. The summed E-state index contributed by atoms with van der Waals surface area (Å²) in [6.45, 7) is 2.28. The molecule has 1 atom stereocenters. The zero-order chi connectivity index (χ0) is 21.7. The average molecular weight is 422 g/mol. The molecule has 0 bridgehead atoms. The van der Waals surface area contributed by atoms with Crippen molar-refractivity contribution < 1.29 is 23.5 Å². The fourth-order valence-corrected chi connectivity index (χ4v) is 5.12. The van der Waals surface area contributed by atoms with Crippen molar-refractivity contribution in [2.45, 2.75) is 64.3 Å². The van der Waals surface area contributed by atoms with Crippen molar-refractivity contribution in [3.63, 3.8) is 0 Å². The second-order valence-corrected chi connectivity index (χ2v) is 8.61. The van der Waals surface area contributed by atoms with Gasteiger partial charge in [0.05, 0.1) is 12.0 Å². The number of rotatable bonds is 4. The average Bonchev–Trinajstić information content (AvgIpc) is 3.37. The Labute approximate surface area is 178 Å². The molecule has 0 radical (unpaired) electrons. The number of hydrogen-bond donors (Lipinski definition) is 0. The fourth-order valence-electron chi connectivity index (χ4n) is 5.12. The third kappa shape index (κ3) is 3.32. The number of likely N-dealkylation sites (tertiary alicyclic amines) is 1. The number of amides is 1. The molecule has 7 nitrogen and oxygen atoms in total. The Morgan fingerprint density at radius 1 is 1.10 bits per heavy atom. The van der Waals surface area contributed by atoms with E-state index in [4.69, 9.17) is 8.83 Å². The molecule has 31 heavy (non-hydrogen) atoms. The van der Waals surface area contributed by atoms with Gasteiger partial charge in [0, 0.05) is 47.4 Å². The molecule has 0 unspecified atom stereocenters. The van der Waals surface area contributed by atoms with Crippen LogP contribution in [0.3, 0.4) is 0 Å². The molecule has 1 aliphatic carbocycles. The van der Waals surface area contributed by atoms with Crippen LogP contribution in [0.2, 0.25) is 0 Å². The number of fused-ring (bicyclic) bond motifs is 4. The highest BCUT2D eigenvalue weighted by Crippen LogP contribution is 2.35. The Hall–Kier alpha value is -3.09. The molecule has 1 saturated heterocycles. The number of carbonyl (C=O) groups excluding carboxylic acids is 2. The predicted octanol–water partition coefficient (Wildman–Crippen LogP) is 2.40. The SMILES string of the molecule is Cc1c(CCC(=O)N2CCC[C@@H]2C(=O)[O-])c(=O)oc2cc3oc4c(c3cc12)CCCC4. The lowest BCUT2D eigenvalue weighted by Crippen LogP contribution is -2.47. The smallest absolute Gasteiger partial charge is 0.339 e. The third-order valence-corrected chi connectivity index (χ3v) is 6.80. The van der Waals surface area contributed by atoms with E-state index in [-0.39, 0.29) is 18.7 Å². The van der Waals surface area contributed by atoms with Gasteiger partial charge in [0.1, 0.15) is 16.9 Å². The van der Waals surface area contributed by atoms with Gasteiger partial charge in [0.25, 0.3) is 0 Å². The molecule has 5 rings (SSSR count). The Kier molecular flexibility index (Phi) is 4.84. The summed E-state index contributed by atoms with van der Waals surface area (Å²) in [4.78, 5) is 37.9. The van der Waals surface area contributed by atoms with Gasteiger partial charge in [-0.25, -0.2) is 4.79 Å². The molecule has 0 spiro atoms. The maximum absolute atomic E-state index is 12.7. The number of benzene rings is 1. The van der Waals surface area contributed by atoms with Crippen LogP contribution >= 0.6 is 0 Å². The van der Waals surface area contributed by atoms with Crippen molar-refractivity contribution >= 4 is 33.8 Å². The first-order chi connectivity index (χ1) is 14.9. The first-order valence-electron chi connectivity index (χ1n) is 10.9. The molecule has 1 aliphatic heterocycles. The van der Waals surface area contributed by atoms with Crippen LogP contribution in [0.15, 0.2) is 25.8 Å². The van der Waals surface area contributed by atoms with Gasteiger partial charge in [-0.3, -0.25) is 4.79 Å². The lowest BCUT2D eigenvalue weighted by atomic mass is 9.94. The highest BCUT2D eigenvalue weighted by atomic mass is 16.4. The van der Waals surface area contributed by atoms with Gasteiger partial charge >= 0.3 is 5.63 Å². The van der Waals surface area contributed by atoms with Crippen molar-refractivity contribution in [1.82, 2.24) is 4.90 Å². The molecule has 1 aromatic carbocycles. The number of furan rings is 1. The van der Waals surface area contributed by atoms with Crippen molar-refractivity contribution in [3.8, 4) is 0 Å². The van der Waals surface area contributed by atoms with E-state index in [2.05, 4.69) is 0 Å². The van der Waals surface area contributed by atoms with Crippen molar-refractivity contribution in [1.29, 1.82) is 0 Å². The Balaban J connectivity index is 1.47. The number of aliphatic carboxylic acids is 1. The molecule has 1 fully saturated rings. The van der Waals surface area contributed by atoms with E-state index in [0.29, 0.717) is 30.5 Å². The Bertz CT molecular complexity index is 1270. The van der Waals surface area contributed by atoms with Crippen molar-refractivity contribution in [2.75, 3.05) is 6.54 Å². The number of carboxylic acid groups (broad SMARTS) is 1. The molecule has 2 aliphatic rings. The largest absolute Gasteiger partial charge is 0.548 e. The first-order valence-corrected chi connectivity index (χ1v) is 10.9. The number of nitrogens with zero attached hydrogens (tertiary/aromatic N) is 1. The molecular formula is C24H24NO6-. The van der Waals surface area contributed by atoms with E-state index in [1.165, 1.54) is 10.5 Å². The Morgan fingerprint density at radius 3 is 2.68 bits per heavy atom. The van der Waals surface area contributed by atoms with Crippen LogP contribution in [0.5, 0.6) is 0 Å². The van der Waals surface area contributed by atoms with Crippen LogP contribution in [0.4, 0.5) is 0 Å². The van der Waals surface area contributed by atoms with Gasteiger partial charge in [0.15, 0.2) is 0 Å². The van der Waals surface area contributed by atoms with E-state index < -0.39 is 17.6 Å². The minimum absolute atomic E-state index is 0.0598. The van der Waals surface area contributed by atoms with Crippen LogP contribution in [0.1, 0.15) is 54.6 Å². The van der Waals surface area contributed by atoms with Crippen LogP contribution in [-0.2, 0) is 28.9 Å². The van der Waals surface area contributed by atoms with Gasteiger partial charge in [-0.1, -0.05) is 0 Å². The number of carboxylic acids is 1. The van der Waals surface area contributed by atoms with E-state index >= 15 is 0 Å². The maximum atomic E-state index is 12.7. The van der Waals surface area contributed by atoms with Crippen LogP contribution < -0.4 is 10.7 Å². The maximum Gasteiger partial charge on any atom is 0.339 e. The van der Waals surface area contributed by atoms with Gasteiger partial charge in [-0.15, -0.1) is 0 Å². The summed E-state index contributed by atoms with van der Waals surface area (Å²) in [6.07, 6.45) is 5.50.